The minimum absolute atomic E-state index is 0.361. The number of likely N-dealkylation sites (N-methyl/N-ethyl adjacent to an activating group) is 1. The molecule has 2 N–H and O–H groups in total. The Morgan fingerprint density at radius 3 is 2.79 bits per heavy atom. The van der Waals surface area contributed by atoms with Gasteiger partial charge < -0.3 is 15.5 Å². The molecular formula is C22H37N5S. The second-order valence-electron chi connectivity index (χ2n) is 8.33. The fourth-order valence-electron chi connectivity index (χ4n) is 4.17. The van der Waals surface area contributed by atoms with Crippen molar-refractivity contribution in [1.82, 2.24) is 20.4 Å². The van der Waals surface area contributed by atoms with Crippen LogP contribution in [0.4, 0.5) is 0 Å². The molecule has 0 aromatic heterocycles. The van der Waals surface area contributed by atoms with Crippen molar-refractivity contribution < 1.29 is 0 Å². The third-order valence-electron chi connectivity index (χ3n) is 5.95. The molecule has 2 atom stereocenters. The molecule has 2 fully saturated rings. The van der Waals surface area contributed by atoms with Gasteiger partial charge in [-0.25, -0.2) is 0 Å². The van der Waals surface area contributed by atoms with Crippen LogP contribution in [0.3, 0.4) is 0 Å². The highest BCUT2D eigenvalue weighted by atomic mass is 32.2. The molecule has 2 heterocycles. The van der Waals surface area contributed by atoms with Gasteiger partial charge in [0.1, 0.15) is 0 Å². The number of hydrogen-bond donors (Lipinski definition) is 2. The van der Waals surface area contributed by atoms with Gasteiger partial charge in [-0.1, -0.05) is 30.3 Å². The topological polar surface area (TPSA) is 42.9 Å². The van der Waals surface area contributed by atoms with Crippen molar-refractivity contribution in [3.05, 3.63) is 35.9 Å². The van der Waals surface area contributed by atoms with E-state index in [0.717, 1.165) is 51.6 Å². The molecule has 0 aliphatic carbocycles. The van der Waals surface area contributed by atoms with Crippen molar-refractivity contribution in [2.75, 3.05) is 59.1 Å². The van der Waals surface area contributed by atoms with Crippen LogP contribution in [0.25, 0.3) is 0 Å². The SMILES string of the molecule is CN=C(NCCCN1CCN(C)CC1c1ccccc1)NCC1(C)CCCS1. The maximum atomic E-state index is 4.40. The lowest BCUT2D eigenvalue weighted by Gasteiger charge is -2.40. The highest BCUT2D eigenvalue weighted by Crippen LogP contribution is 2.36. The lowest BCUT2D eigenvalue weighted by molar-refractivity contribution is 0.0891. The van der Waals surface area contributed by atoms with Crippen LogP contribution in [0.5, 0.6) is 0 Å². The highest BCUT2D eigenvalue weighted by Gasteiger charge is 2.29. The third kappa shape index (κ3) is 6.13. The summed E-state index contributed by atoms with van der Waals surface area (Å²) in [6.45, 7) is 8.82. The number of nitrogens with one attached hydrogen (secondary N) is 2. The Balaban J connectivity index is 1.42. The van der Waals surface area contributed by atoms with Crippen LogP contribution in [0, 0.1) is 0 Å². The van der Waals surface area contributed by atoms with Crippen molar-refractivity contribution in [1.29, 1.82) is 0 Å². The first-order valence-electron chi connectivity index (χ1n) is 10.7. The van der Waals surface area contributed by atoms with E-state index in [-0.39, 0.29) is 0 Å². The second kappa shape index (κ2) is 10.5. The van der Waals surface area contributed by atoms with Crippen LogP contribution < -0.4 is 10.6 Å². The van der Waals surface area contributed by atoms with E-state index >= 15 is 0 Å². The Morgan fingerprint density at radius 1 is 1.25 bits per heavy atom. The van der Waals surface area contributed by atoms with Gasteiger partial charge in [-0.2, -0.15) is 11.8 Å². The van der Waals surface area contributed by atoms with E-state index in [4.69, 9.17) is 0 Å². The van der Waals surface area contributed by atoms with Crippen molar-refractivity contribution in [2.45, 2.75) is 37.0 Å². The van der Waals surface area contributed by atoms with Gasteiger partial charge in [0.15, 0.2) is 5.96 Å². The van der Waals surface area contributed by atoms with Crippen molar-refractivity contribution in [2.24, 2.45) is 4.99 Å². The number of guanidine groups is 1. The Labute approximate surface area is 175 Å². The summed E-state index contributed by atoms with van der Waals surface area (Å²) in [4.78, 5) is 9.49. The van der Waals surface area contributed by atoms with E-state index in [9.17, 15) is 0 Å². The first-order chi connectivity index (χ1) is 13.6. The molecule has 28 heavy (non-hydrogen) atoms. The average Bonchev–Trinajstić information content (AvgIpc) is 3.15. The quantitative estimate of drug-likeness (QED) is 0.416. The third-order valence-corrected chi connectivity index (χ3v) is 7.49. The minimum Gasteiger partial charge on any atom is -0.356 e. The molecular weight excluding hydrogens is 366 g/mol. The molecule has 0 radical (unpaired) electrons. The van der Waals surface area contributed by atoms with Crippen LogP contribution in [0.2, 0.25) is 0 Å². The van der Waals surface area contributed by atoms with Gasteiger partial charge in [-0.15, -0.1) is 0 Å². The fourth-order valence-corrected chi connectivity index (χ4v) is 5.42. The van der Waals surface area contributed by atoms with Gasteiger partial charge in [-0.05, 0) is 44.6 Å². The maximum Gasteiger partial charge on any atom is 0.191 e. The van der Waals surface area contributed by atoms with E-state index in [1.807, 2.05) is 7.05 Å². The fraction of sp³-hybridized carbons (Fsp3) is 0.682. The summed E-state index contributed by atoms with van der Waals surface area (Å²) in [6.07, 6.45) is 3.76. The van der Waals surface area contributed by atoms with Crippen molar-refractivity contribution >= 4 is 17.7 Å². The number of piperazine rings is 1. The molecule has 0 spiro atoms. The number of rotatable bonds is 7. The van der Waals surface area contributed by atoms with Gasteiger partial charge >= 0.3 is 0 Å². The monoisotopic (exact) mass is 403 g/mol. The van der Waals surface area contributed by atoms with Gasteiger partial charge in [-0.3, -0.25) is 9.89 Å². The summed E-state index contributed by atoms with van der Waals surface area (Å²) >= 11 is 2.09. The van der Waals surface area contributed by atoms with Crippen molar-refractivity contribution in [3.63, 3.8) is 0 Å². The lowest BCUT2D eigenvalue weighted by Crippen LogP contribution is -2.48. The molecule has 0 saturated carbocycles. The zero-order valence-corrected chi connectivity index (χ0v) is 18.6. The van der Waals surface area contributed by atoms with E-state index in [0.29, 0.717) is 10.8 Å². The first kappa shape index (κ1) is 21.5. The Kier molecular flexibility index (Phi) is 8.06. The van der Waals surface area contributed by atoms with Crippen LogP contribution in [0.1, 0.15) is 37.8 Å². The molecule has 3 rings (SSSR count). The smallest absolute Gasteiger partial charge is 0.191 e. The normalized spacial score (nSPS) is 27.1. The number of nitrogens with zero attached hydrogens (tertiary/aromatic N) is 3. The molecule has 0 amide bonds. The second-order valence-corrected chi connectivity index (χ2v) is 10.0. The summed E-state index contributed by atoms with van der Waals surface area (Å²) in [5.74, 6) is 2.23. The highest BCUT2D eigenvalue weighted by molar-refractivity contribution is 8.00. The predicted octanol–water partition coefficient (Wildman–Crippen LogP) is 2.82. The summed E-state index contributed by atoms with van der Waals surface area (Å²) in [5.41, 5.74) is 1.43. The molecule has 2 aliphatic rings. The van der Waals surface area contributed by atoms with Crippen LogP contribution in [-0.2, 0) is 0 Å². The molecule has 2 saturated heterocycles. The standard InChI is InChI=1S/C22H37N5S/c1-22(11-7-16-28-22)18-25-21(23-2)24-12-8-13-27-15-14-26(3)17-20(27)19-9-5-4-6-10-19/h4-6,9-10,20H,7-8,11-18H2,1-3H3,(H2,23,24,25). The molecule has 5 nitrogen and oxygen atoms in total. The molecule has 156 valence electrons. The van der Waals surface area contributed by atoms with Crippen LogP contribution in [0.15, 0.2) is 35.3 Å². The molecule has 2 aliphatic heterocycles. The summed E-state index contributed by atoms with van der Waals surface area (Å²) in [7, 11) is 4.10. The number of hydrogen-bond acceptors (Lipinski definition) is 4. The Hall–Kier alpha value is -1.24. The first-order valence-corrected chi connectivity index (χ1v) is 11.6. The Bertz CT molecular complexity index is 615. The lowest BCUT2D eigenvalue weighted by atomic mass is 10.0. The van der Waals surface area contributed by atoms with Gasteiger partial charge in [0.05, 0.1) is 0 Å². The predicted molar refractivity (Wildman–Crippen MR) is 122 cm³/mol. The largest absolute Gasteiger partial charge is 0.356 e. The maximum absolute atomic E-state index is 4.40. The van der Waals surface area contributed by atoms with E-state index in [1.165, 1.54) is 24.2 Å². The zero-order valence-electron chi connectivity index (χ0n) is 17.8. The molecule has 6 heteroatoms. The van der Waals surface area contributed by atoms with Gasteiger partial charge in [0.2, 0.25) is 0 Å². The molecule has 1 aromatic carbocycles. The van der Waals surface area contributed by atoms with Gasteiger partial charge in [0, 0.05) is 57.1 Å². The molecule has 1 aromatic rings. The zero-order chi connectivity index (χ0) is 19.8. The van der Waals surface area contributed by atoms with E-state index < -0.39 is 0 Å². The number of benzene rings is 1. The van der Waals surface area contributed by atoms with E-state index in [1.54, 1.807) is 0 Å². The molecule has 2 unspecified atom stereocenters. The van der Waals surface area contributed by atoms with Crippen molar-refractivity contribution in [3.8, 4) is 0 Å². The summed E-state index contributed by atoms with van der Waals surface area (Å²) in [6, 6.07) is 11.4. The van der Waals surface area contributed by atoms with Crippen LogP contribution >= 0.6 is 11.8 Å². The Morgan fingerprint density at radius 2 is 2.07 bits per heavy atom. The summed E-state index contributed by atoms with van der Waals surface area (Å²) in [5, 5.41) is 7.03. The average molecular weight is 404 g/mol. The van der Waals surface area contributed by atoms with Gasteiger partial charge in [0.25, 0.3) is 0 Å². The van der Waals surface area contributed by atoms with E-state index in [2.05, 4.69) is 81.5 Å². The molecule has 0 bridgehead atoms. The number of aliphatic imine (C=N–C) groups is 1. The number of thioether (sulfide) groups is 1. The van der Waals surface area contributed by atoms with Crippen LogP contribution in [-0.4, -0.2) is 79.6 Å². The minimum atomic E-state index is 0.361. The summed E-state index contributed by atoms with van der Waals surface area (Å²) < 4.78 is 0.361.